The molecule has 0 fully saturated rings. The van der Waals surface area contributed by atoms with Gasteiger partial charge in [0, 0.05) is 13.1 Å². The van der Waals surface area contributed by atoms with Gasteiger partial charge < -0.3 is 15.4 Å². The summed E-state index contributed by atoms with van der Waals surface area (Å²) in [6.45, 7) is 3.02. The maximum Gasteiger partial charge on any atom is 0.237 e. The molecule has 0 saturated carbocycles. The lowest BCUT2D eigenvalue weighted by Gasteiger charge is -2.14. The van der Waals surface area contributed by atoms with Gasteiger partial charge in [0.15, 0.2) is 11.6 Å². The molecule has 5 heteroatoms. The number of halogens is 1. The lowest BCUT2D eigenvalue weighted by Crippen LogP contribution is -2.43. The molecular formula is C18H21FN2O2. The Kier molecular flexibility index (Phi) is 6.56. The van der Waals surface area contributed by atoms with Crippen molar-refractivity contribution in [1.29, 1.82) is 0 Å². The number of rotatable bonds is 8. The molecule has 0 spiro atoms. The van der Waals surface area contributed by atoms with E-state index in [1.807, 2.05) is 30.3 Å². The van der Waals surface area contributed by atoms with Crippen molar-refractivity contribution in [1.82, 2.24) is 10.6 Å². The summed E-state index contributed by atoms with van der Waals surface area (Å²) in [6, 6.07) is 15.6. The number of amides is 1. The second kappa shape index (κ2) is 8.90. The van der Waals surface area contributed by atoms with Crippen LogP contribution in [0.3, 0.4) is 0 Å². The van der Waals surface area contributed by atoms with Gasteiger partial charge in [0.25, 0.3) is 0 Å². The van der Waals surface area contributed by atoms with Crippen LogP contribution in [-0.2, 0) is 11.3 Å². The third kappa shape index (κ3) is 5.71. The lowest BCUT2D eigenvalue weighted by molar-refractivity contribution is -0.122. The predicted octanol–water partition coefficient (Wildman–Crippen LogP) is 2.50. The second-order valence-corrected chi connectivity index (χ2v) is 5.16. The van der Waals surface area contributed by atoms with Crippen LogP contribution in [0, 0.1) is 5.82 Å². The van der Waals surface area contributed by atoms with E-state index in [0.29, 0.717) is 13.1 Å². The smallest absolute Gasteiger partial charge is 0.237 e. The minimum atomic E-state index is -0.388. The summed E-state index contributed by atoms with van der Waals surface area (Å²) in [5.41, 5.74) is 1.05. The van der Waals surface area contributed by atoms with Gasteiger partial charge in [-0.15, -0.1) is 0 Å². The van der Waals surface area contributed by atoms with Crippen LogP contribution >= 0.6 is 0 Å². The van der Waals surface area contributed by atoms with Crippen molar-refractivity contribution in [3.8, 4) is 5.75 Å². The highest BCUT2D eigenvalue weighted by atomic mass is 19.1. The summed E-state index contributed by atoms with van der Waals surface area (Å²) in [5.74, 6) is -0.253. The molecule has 0 saturated heterocycles. The zero-order valence-corrected chi connectivity index (χ0v) is 13.1. The van der Waals surface area contributed by atoms with Crippen LogP contribution in [0.15, 0.2) is 54.6 Å². The lowest BCUT2D eigenvalue weighted by atomic mass is 10.2. The molecule has 0 radical (unpaired) electrons. The van der Waals surface area contributed by atoms with Crippen LogP contribution in [0.2, 0.25) is 0 Å². The summed E-state index contributed by atoms with van der Waals surface area (Å²) < 4.78 is 18.7. The largest absolute Gasteiger partial charge is 0.489 e. The summed E-state index contributed by atoms with van der Waals surface area (Å²) in [7, 11) is 0. The van der Waals surface area contributed by atoms with Crippen molar-refractivity contribution in [2.75, 3.05) is 13.2 Å². The molecule has 122 valence electrons. The Morgan fingerprint density at radius 2 is 1.83 bits per heavy atom. The fourth-order valence-corrected chi connectivity index (χ4v) is 2.03. The molecular weight excluding hydrogens is 295 g/mol. The zero-order chi connectivity index (χ0) is 16.5. The first-order valence-electron chi connectivity index (χ1n) is 7.59. The Morgan fingerprint density at radius 3 is 2.57 bits per heavy atom. The quantitative estimate of drug-likeness (QED) is 0.736. The monoisotopic (exact) mass is 316 g/mol. The van der Waals surface area contributed by atoms with Gasteiger partial charge in [0.2, 0.25) is 5.91 Å². The molecule has 1 atom stereocenters. The van der Waals surface area contributed by atoms with E-state index < -0.39 is 0 Å². The van der Waals surface area contributed by atoms with E-state index in [2.05, 4.69) is 10.6 Å². The number of carbonyl (C=O) groups excluding carboxylic acids is 1. The van der Waals surface area contributed by atoms with Crippen molar-refractivity contribution in [2.45, 2.75) is 19.5 Å². The number of para-hydroxylation sites is 1. The standard InChI is InChI=1S/C18H21FN2O2/c1-14(18(22)21-13-15-7-3-2-4-8-15)20-11-12-23-17-10-6-5-9-16(17)19/h2-10,14,20H,11-13H2,1H3,(H,21,22)/t14-/m0/s1. The zero-order valence-electron chi connectivity index (χ0n) is 13.1. The molecule has 2 rings (SSSR count). The Bertz CT molecular complexity index is 619. The third-order valence-corrected chi connectivity index (χ3v) is 3.35. The van der Waals surface area contributed by atoms with E-state index in [1.165, 1.54) is 6.07 Å². The van der Waals surface area contributed by atoms with E-state index in [4.69, 9.17) is 4.74 Å². The minimum absolute atomic E-state index is 0.0836. The minimum Gasteiger partial charge on any atom is -0.489 e. The van der Waals surface area contributed by atoms with Gasteiger partial charge in [-0.3, -0.25) is 4.79 Å². The molecule has 0 aliphatic heterocycles. The van der Waals surface area contributed by atoms with Crippen molar-refractivity contribution in [3.63, 3.8) is 0 Å². The molecule has 0 heterocycles. The first-order valence-corrected chi connectivity index (χ1v) is 7.59. The number of benzene rings is 2. The van der Waals surface area contributed by atoms with E-state index in [0.717, 1.165) is 5.56 Å². The van der Waals surface area contributed by atoms with Crippen molar-refractivity contribution in [3.05, 3.63) is 66.0 Å². The maximum atomic E-state index is 13.4. The van der Waals surface area contributed by atoms with E-state index in [9.17, 15) is 9.18 Å². The fourth-order valence-electron chi connectivity index (χ4n) is 2.03. The van der Waals surface area contributed by atoms with Crippen LogP contribution in [0.4, 0.5) is 4.39 Å². The first kappa shape index (κ1) is 17.0. The Hall–Kier alpha value is -2.40. The molecule has 2 aromatic rings. The highest BCUT2D eigenvalue weighted by Crippen LogP contribution is 2.14. The van der Waals surface area contributed by atoms with E-state index in [-0.39, 0.29) is 30.1 Å². The highest BCUT2D eigenvalue weighted by molar-refractivity contribution is 5.81. The third-order valence-electron chi connectivity index (χ3n) is 3.35. The Labute approximate surface area is 135 Å². The van der Waals surface area contributed by atoms with E-state index in [1.54, 1.807) is 25.1 Å². The molecule has 0 bridgehead atoms. The van der Waals surface area contributed by atoms with Crippen molar-refractivity contribution < 1.29 is 13.9 Å². The number of hydrogen-bond donors (Lipinski definition) is 2. The average molecular weight is 316 g/mol. The molecule has 0 aliphatic rings. The molecule has 0 unspecified atom stereocenters. The van der Waals surface area contributed by atoms with Gasteiger partial charge in [0.05, 0.1) is 6.04 Å². The van der Waals surface area contributed by atoms with Gasteiger partial charge >= 0.3 is 0 Å². The van der Waals surface area contributed by atoms with Gasteiger partial charge in [-0.25, -0.2) is 4.39 Å². The molecule has 1 amide bonds. The Morgan fingerprint density at radius 1 is 1.13 bits per heavy atom. The molecule has 23 heavy (non-hydrogen) atoms. The summed E-state index contributed by atoms with van der Waals surface area (Å²) >= 11 is 0. The topological polar surface area (TPSA) is 50.4 Å². The van der Waals surface area contributed by atoms with Gasteiger partial charge in [-0.2, -0.15) is 0 Å². The normalized spacial score (nSPS) is 11.7. The summed E-state index contributed by atoms with van der Waals surface area (Å²) in [4.78, 5) is 12.0. The molecule has 0 aromatic heterocycles. The predicted molar refractivity (Wildman–Crippen MR) is 87.6 cm³/mol. The maximum absolute atomic E-state index is 13.4. The number of carbonyl (C=O) groups is 1. The van der Waals surface area contributed by atoms with Crippen LogP contribution in [0.1, 0.15) is 12.5 Å². The molecule has 2 aromatic carbocycles. The molecule has 0 aliphatic carbocycles. The second-order valence-electron chi connectivity index (χ2n) is 5.16. The van der Waals surface area contributed by atoms with Crippen LogP contribution in [0.25, 0.3) is 0 Å². The van der Waals surface area contributed by atoms with Crippen molar-refractivity contribution in [2.24, 2.45) is 0 Å². The van der Waals surface area contributed by atoms with E-state index >= 15 is 0 Å². The number of nitrogens with one attached hydrogen (secondary N) is 2. The van der Waals surface area contributed by atoms with Gasteiger partial charge in [-0.05, 0) is 24.6 Å². The SMILES string of the molecule is C[C@H](NCCOc1ccccc1F)C(=O)NCc1ccccc1. The summed E-state index contributed by atoms with van der Waals surface area (Å²) in [5, 5.41) is 5.91. The average Bonchev–Trinajstić information content (AvgIpc) is 2.58. The van der Waals surface area contributed by atoms with Crippen LogP contribution in [0.5, 0.6) is 5.75 Å². The first-order chi connectivity index (χ1) is 11.2. The molecule has 4 nitrogen and oxygen atoms in total. The summed E-state index contributed by atoms with van der Waals surface area (Å²) in [6.07, 6.45) is 0. The van der Waals surface area contributed by atoms with Gasteiger partial charge in [0.1, 0.15) is 6.61 Å². The number of ether oxygens (including phenoxy) is 1. The van der Waals surface area contributed by atoms with Gasteiger partial charge in [-0.1, -0.05) is 42.5 Å². The van der Waals surface area contributed by atoms with Crippen LogP contribution < -0.4 is 15.4 Å². The van der Waals surface area contributed by atoms with Crippen molar-refractivity contribution >= 4 is 5.91 Å². The number of hydrogen-bond acceptors (Lipinski definition) is 3. The molecule has 2 N–H and O–H groups in total. The van der Waals surface area contributed by atoms with Crippen LogP contribution in [-0.4, -0.2) is 25.1 Å². The Balaban J connectivity index is 1.65. The fraction of sp³-hybridized carbons (Fsp3) is 0.278. The highest BCUT2D eigenvalue weighted by Gasteiger charge is 2.11.